The van der Waals surface area contributed by atoms with Crippen molar-refractivity contribution in [1.82, 2.24) is 9.80 Å². The van der Waals surface area contributed by atoms with E-state index in [1.807, 2.05) is 30.3 Å². The summed E-state index contributed by atoms with van der Waals surface area (Å²) in [7, 11) is 3.20. The summed E-state index contributed by atoms with van der Waals surface area (Å²) in [5, 5.41) is 10.4. The zero-order valence-corrected chi connectivity index (χ0v) is 18.1. The monoisotopic (exact) mass is 426 g/mol. The highest BCUT2D eigenvalue weighted by Gasteiger charge is 2.24. The second kappa shape index (κ2) is 10.9. The minimum absolute atomic E-state index is 0.00492. The van der Waals surface area contributed by atoms with Gasteiger partial charge in [-0.3, -0.25) is 9.59 Å². The summed E-state index contributed by atoms with van der Waals surface area (Å²) in [5.74, 6) is 0.544. The van der Waals surface area contributed by atoms with E-state index in [1.165, 1.54) is 12.0 Å². The fourth-order valence-electron chi connectivity index (χ4n) is 3.65. The van der Waals surface area contributed by atoms with Gasteiger partial charge in [-0.25, -0.2) is 0 Å². The molecule has 0 aliphatic carbocycles. The van der Waals surface area contributed by atoms with Crippen LogP contribution >= 0.6 is 0 Å². The molecule has 7 nitrogen and oxygen atoms in total. The molecule has 0 spiro atoms. The number of hydrogen-bond acceptors (Lipinski definition) is 5. The molecule has 0 aromatic heterocycles. The van der Waals surface area contributed by atoms with E-state index in [1.54, 1.807) is 36.2 Å². The number of likely N-dealkylation sites (tertiary alicyclic amines) is 1. The molecule has 1 atom stereocenters. The highest BCUT2D eigenvalue weighted by Crippen LogP contribution is 2.21. The molecule has 2 amide bonds. The van der Waals surface area contributed by atoms with Crippen LogP contribution in [0.25, 0.3) is 0 Å². The maximum absolute atomic E-state index is 12.7. The number of carbonyl (C=O) groups excluding carboxylic acids is 2. The van der Waals surface area contributed by atoms with Gasteiger partial charge in [0.25, 0.3) is 5.91 Å². The standard InChI is InChI=1S/C24H30N2O5/c1-25(16-22(27)18-6-4-3-5-7-18)24(29)19-8-10-20(11-9-19)31-21-12-14-26(15-13-21)23(28)17-30-2/h3-11,21-22,27H,12-17H2,1-2H3. The molecule has 1 unspecified atom stereocenters. The molecule has 1 heterocycles. The summed E-state index contributed by atoms with van der Waals surface area (Å²) in [6, 6.07) is 16.3. The van der Waals surface area contributed by atoms with Crippen LogP contribution in [0.1, 0.15) is 34.9 Å². The lowest BCUT2D eigenvalue weighted by Crippen LogP contribution is -2.43. The Labute approximate surface area is 183 Å². The minimum Gasteiger partial charge on any atom is -0.490 e. The van der Waals surface area contributed by atoms with Crippen LogP contribution in [0.3, 0.4) is 0 Å². The number of piperidine rings is 1. The average Bonchev–Trinajstić information content (AvgIpc) is 2.80. The predicted molar refractivity (Wildman–Crippen MR) is 117 cm³/mol. The number of aliphatic hydroxyl groups is 1. The largest absolute Gasteiger partial charge is 0.490 e. The Balaban J connectivity index is 1.49. The number of benzene rings is 2. The van der Waals surface area contributed by atoms with Crippen LogP contribution < -0.4 is 4.74 Å². The summed E-state index contributed by atoms with van der Waals surface area (Å²) in [6.07, 6.45) is 0.822. The summed E-state index contributed by atoms with van der Waals surface area (Å²) in [4.78, 5) is 27.9. The molecule has 7 heteroatoms. The first-order chi connectivity index (χ1) is 15.0. The maximum Gasteiger partial charge on any atom is 0.253 e. The molecule has 1 saturated heterocycles. The number of rotatable bonds is 8. The van der Waals surface area contributed by atoms with Crippen LogP contribution in [0.4, 0.5) is 0 Å². The van der Waals surface area contributed by atoms with Crippen molar-refractivity contribution in [2.75, 3.05) is 40.4 Å². The van der Waals surface area contributed by atoms with E-state index < -0.39 is 6.10 Å². The van der Waals surface area contributed by atoms with Crippen molar-refractivity contribution >= 4 is 11.8 Å². The number of carbonyl (C=O) groups is 2. The Hall–Kier alpha value is -2.90. The van der Waals surface area contributed by atoms with Crippen LogP contribution in [-0.2, 0) is 9.53 Å². The molecule has 0 radical (unpaired) electrons. The zero-order chi connectivity index (χ0) is 22.2. The minimum atomic E-state index is -0.737. The number of amides is 2. The second-order valence-electron chi connectivity index (χ2n) is 7.77. The highest BCUT2D eigenvalue weighted by molar-refractivity contribution is 5.94. The molecule has 2 aromatic rings. The van der Waals surface area contributed by atoms with Gasteiger partial charge in [0.1, 0.15) is 18.5 Å². The van der Waals surface area contributed by atoms with Crippen LogP contribution in [0.2, 0.25) is 0 Å². The third-order valence-corrected chi connectivity index (χ3v) is 5.44. The molecular formula is C24H30N2O5. The van der Waals surface area contributed by atoms with E-state index in [9.17, 15) is 14.7 Å². The number of aliphatic hydroxyl groups excluding tert-OH is 1. The fraction of sp³-hybridized carbons (Fsp3) is 0.417. The smallest absolute Gasteiger partial charge is 0.253 e. The van der Waals surface area contributed by atoms with Gasteiger partial charge in [0.2, 0.25) is 5.91 Å². The number of methoxy groups -OCH3 is 1. The van der Waals surface area contributed by atoms with Crippen molar-refractivity contribution in [3.05, 3.63) is 65.7 Å². The molecule has 3 rings (SSSR count). The summed E-state index contributed by atoms with van der Waals surface area (Å²) >= 11 is 0. The van der Waals surface area contributed by atoms with Crippen molar-refractivity contribution in [1.29, 1.82) is 0 Å². The summed E-state index contributed by atoms with van der Waals surface area (Å²) in [6.45, 7) is 1.62. The van der Waals surface area contributed by atoms with E-state index >= 15 is 0 Å². The van der Waals surface area contributed by atoms with Crippen LogP contribution in [0.15, 0.2) is 54.6 Å². The number of nitrogens with zero attached hydrogens (tertiary/aromatic N) is 2. The Morgan fingerprint density at radius 3 is 2.35 bits per heavy atom. The number of likely N-dealkylation sites (N-methyl/N-ethyl adjacent to an activating group) is 1. The topological polar surface area (TPSA) is 79.3 Å². The molecule has 1 aliphatic rings. The van der Waals surface area contributed by atoms with Gasteiger partial charge >= 0.3 is 0 Å². The highest BCUT2D eigenvalue weighted by atomic mass is 16.5. The van der Waals surface area contributed by atoms with Gasteiger partial charge in [-0.15, -0.1) is 0 Å². The molecule has 0 bridgehead atoms. The summed E-state index contributed by atoms with van der Waals surface area (Å²) < 4.78 is 10.9. The van der Waals surface area contributed by atoms with Crippen LogP contribution in [-0.4, -0.2) is 73.2 Å². The quantitative estimate of drug-likeness (QED) is 0.702. The second-order valence-corrected chi connectivity index (χ2v) is 7.77. The first kappa shape index (κ1) is 22.8. The Bertz CT molecular complexity index is 848. The number of ether oxygens (including phenoxy) is 2. The third-order valence-electron chi connectivity index (χ3n) is 5.44. The summed E-state index contributed by atoms with van der Waals surface area (Å²) in [5.41, 5.74) is 1.32. The first-order valence-electron chi connectivity index (χ1n) is 10.5. The molecular weight excluding hydrogens is 396 g/mol. The molecule has 166 valence electrons. The van der Waals surface area contributed by atoms with Gasteiger partial charge < -0.3 is 24.4 Å². The Morgan fingerprint density at radius 2 is 1.74 bits per heavy atom. The lowest BCUT2D eigenvalue weighted by Gasteiger charge is -2.32. The molecule has 1 aliphatic heterocycles. The first-order valence-corrected chi connectivity index (χ1v) is 10.5. The molecule has 31 heavy (non-hydrogen) atoms. The van der Waals surface area contributed by atoms with Gasteiger partial charge in [-0.05, 0) is 29.8 Å². The van der Waals surface area contributed by atoms with Crippen molar-refractivity contribution in [3.63, 3.8) is 0 Å². The van der Waals surface area contributed by atoms with E-state index in [0.717, 1.165) is 18.4 Å². The van der Waals surface area contributed by atoms with E-state index in [0.29, 0.717) is 24.4 Å². The van der Waals surface area contributed by atoms with E-state index in [-0.39, 0.29) is 31.1 Å². The van der Waals surface area contributed by atoms with Crippen molar-refractivity contribution in [2.45, 2.75) is 25.0 Å². The Morgan fingerprint density at radius 1 is 1.10 bits per heavy atom. The van der Waals surface area contributed by atoms with Crippen LogP contribution in [0.5, 0.6) is 5.75 Å². The molecule has 1 N–H and O–H groups in total. The van der Waals surface area contributed by atoms with Gasteiger partial charge in [0, 0.05) is 45.7 Å². The molecule has 0 saturated carbocycles. The Kier molecular flexibility index (Phi) is 8.03. The molecule has 1 fully saturated rings. The van der Waals surface area contributed by atoms with Gasteiger partial charge in [0.05, 0.1) is 12.6 Å². The zero-order valence-electron chi connectivity index (χ0n) is 18.1. The SMILES string of the molecule is COCC(=O)N1CCC(Oc2ccc(C(=O)N(C)CC(O)c3ccccc3)cc2)CC1. The third kappa shape index (κ3) is 6.29. The fourth-order valence-corrected chi connectivity index (χ4v) is 3.65. The van der Waals surface area contributed by atoms with Crippen molar-refractivity contribution < 1.29 is 24.2 Å². The van der Waals surface area contributed by atoms with Gasteiger partial charge in [0.15, 0.2) is 0 Å². The maximum atomic E-state index is 12.7. The lowest BCUT2D eigenvalue weighted by atomic mass is 10.1. The predicted octanol–water partition coefficient (Wildman–Crippen LogP) is 2.51. The average molecular weight is 427 g/mol. The van der Waals surface area contributed by atoms with Crippen molar-refractivity contribution in [3.8, 4) is 5.75 Å². The van der Waals surface area contributed by atoms with E-state index in [4.69, 9.17) is 9.47 Å². The van der Waals surface area contributed by atoms with Gasteiger partial charge in [-0.2, -0.15) is 0 Å². The number of hydrogen-bond donors (Lipinski definition) is 1. The van der Waals surface area contributed by atoms with E-state index in [2.05, 4.69) is 0 Å². The van der Waals surface area contributed by atoms with Crippen molar-refractivity contribution in [2.24, 2.45) is 0 Å². The normalized spacial score (nSPS) is 15.4. The lowest BCUT2D eigenvalue weighted by molar-refractivity contribution is -0.136. The van der Waals surface area contributed by atoms with Crippen LogP contribution in [0, 0.1) is 0 Å². The van der Waals surface area contributed by atoms with Gasteiger partial charge in [-0.1, -0.05) is 30.3 Å². The molecule has 2 aromatic carbocycles.